The fourth-order valence-corrected chi connectivity index (χ4v) is 1.03. The summed E-state index contributed by atoms with van der Waals surface area (Å²) >= 11 is 5.69. The second-order valence-corrected chi connectivity index (χ2v) is 2.93. The molecule has 1 aromatic rings. The Bertz CT molecular complexity index is 222. The van der Waals surface area contributed by atoms with Gasteiger partial charge in [-0.05, 0) is 17.7 Å². The molecule has 0 aliphatic carbocycles. The van der Waals surface area contributed by atoms with E-state index < -0.39 is 0 Å². The molecular weight excluding hydrogens is 177 g/mol. The Balaban J connectivity index is 2.37. The zero-order valence-electron chi connectivity index (χ0n) is 6.69. The SMILES string of the molecule is FCCNCc1ccc(Cl)cc1. The van der Waals surface area contributed by atoms with E-state index in [1.165, 1.54) is 0 Å². The van der Waals surface area contributed by atoms with Gasteiger partial charge in [0.15, 0.2) is 0 Å². The Hall–Kier alpha value is -0.600. The molecule has 1 aromatic carbocycles. The van der Waals surface area contributed by atoms with Gasteiger partial charge in [0.2, 0.25) is 0 Å². The maximum Gasteiger partial charge on any atom is 0.102 e. The molecule has 12 heavy (non-hydrogen) atoms. The lowest BCUT2D eigenvalue weighted by Gasteiger charge is -2.01. The maximum absolute atomic E-state index is 11.7. The quantitative estimate of drug-likeness (QED) is 0.714. The summed E-state index contributed by atoms with van der Waals surface area (Å²) in [5.41, 5.74) is 1.12. The van der Waals surface area contributed by atoms with Crippen LogP contribution in [0.25, 0.3) is 0 Å². The molecule has 0 aliphatic rings. The van der Waals surface area contributed by atoms with E-state index in [9.17, 15) is 4.39 Å². The van der Waals surface area contributed by atoms with Crippen LogP contribution in [-0.4, -0.2) is 13.2 Å². The fourth-order valence-electron chi connectivity index (χ4n) is 0.902. The van der Waals surface area contributed by atoms with Gasteiger partial charge >= 0.3 is 0 Å². The number of benzene rings is 1. The van der Waals surface area contributed by atoms with Crippen LogP contribution in [0, 0.1) is 0 Å². The lowest BCUT2D eigenvalue weighted by Crippen LogP contribution is -2.15. The molecule has 1 nitrogen and oxygen atoms in total. The van der Waals surface area contributed by atoms with Gasteiger partial charge in [-0.1, -0.05) is 23.7 Å². The largest absolute Gasteiger partial charge is 0.310 e. The van der Waals surface area contributed by atoms with Gasteiger partial charge in [-0.2, -0.15) is 0 Å². The summed E-state index contributed by atoms with van der Waals surface area (Å²) in [5.74, 6) is 0. The van der Waals surface area contributed by atoms with Crippen LogP contribution < -0.4 is 5.32 Å². The molecule has 1 rings (SSSR count). The second kappa shape index (κ2) is 5.12. The van der Waals surface area contributed by atoms with Gasteiger partial charge in [-0.25, -0.2) is 4.39 Å². The molecule has 3 heteroatoms. The topological polar surface area (TPSA) is 12.0 Å². The molecule has 0 heterocycles. The predicted octanol–water partition coefficient (Wildman–Crippen LogP) is 2.40. The van der Waals surface area contributed by atoms with E-state index in [0.29, 0.717) is 13.1 Å². The summed E-state index contributed by atoms with van der Waals surface area (Å²) in [6, 6.07) is 7.50. The van der Waals surface area contributed by atoms with Crippen molar-refractivity contribution in [1.29, 1.82) is 0 Å². The summed E-state index contributed by atoms with van der Waals surface area (Å²) in [6.07, 6.45) is 0. The maximum atomic E-state index is 11.7. The van der Waals surface area contributed by atoms with Crippen molar-refractivity contribution < 1.29 is 4.39 Å². The third-order valence-corrected chi connectivity index (χ3v) is 1.77. The molecule has 0 saturated carbocycles. The molecule has 0 fully saturated rings. The Morgan fingerprint density at radius 1 is 1.25 bits per heavy atom. The van der Waals surface area contributed by atoms with E-state index >= 15 is 0 Å². The Morgan fingerprint density at radius 2 is 1.92 bits per heavy atom. The van der Waals surface area contributed by atoms with E-state index in [2.05, 4.69) is 5.32 Å². The highest BCUT2D eigenvalue weighted by Crippen LogP contribution is 2.08. The number of hydrogen-bond acceptors (Lipinski definition) is 1. The van der Waals surface area contributed by atoms with Crippen LogP contribution in [0.4, 0.5) is 4.39 Å². The van der Waals surface area contributed by atoms with Gasteiger partial charge in [0, 0.05) is 18.1 Å². The fraction of sp³-hybridized carbons (Fsp3) is 0.333. The smallest absolute Gasteiger partial charge is 0.102 e. The summed E-state index contributed by atoms with van der Waals surface area (Å²) in [7, 11) is 0. The van der Waals surface area contributed by atoms with Crippen LogP contribution >= 0.6 is 11.6 Å². The molecule has 0 amide bonds. The van der Waals surface area contributed by atoms with Crippen molar-refractivity contribution >= 4 is 11.6 Å². The monoisotopic (exact) mass is 187 g/mol. The summed E-state index contributed by atoms with van der Waals surface area (Å²) in [4.78, 5) is 0. The van der Waals surface area contributed by atoms with Crippen molar-refractivity contribution in [1.82, 2.24) is 5.32 Å². The van der Waals surface area contributed by atoms with Crippen molar-refractivity contribution in [2.75, 3.05) is 13.2 Å². The predicted molar refractivity (Wildman–Crippen MR) is 49.1 cm³/mol. The zero-order chi connectivity index (χ0) is 8.81. The molecule has 66 valence electrons. The molecular formula is C9H11ClFN. The Kier molecular flexibility index (Phi) is 4.05. The van der Waals surface area contributed by atoms with Gasteiger partial charge in [0.1, 0.15) is 6.67 Å². The van der Waals surface area contributed by atoms with E-state index in [-0.39, 0.29) is 6.67 Å². The highest BCUT2D eigenvalue weighted by molar-refractivity contribution is 6.30. The Morgan fingerprint density at radius 3 is 2.50 bits per heavy atom. The molecule has 0 radical (unpaired) electrons. The van der Waals surface area contributed by atoms with E-state index in [4.69, 9.17) is 11.6 Å². The van der Waals surface area contributed by atoms with Gasteiger partial charge in [-0.15, -0.1) is 0 Å². The normalized spacial score (nSPS) is 10.2. The molecule has 1 N–H and O–H groups in total. The first-order chi connectivity index (χ1) is 5.83. The minimum absolute atomic E-state index is 0.326. The van der Waals surface area contributed by atoms with Gasteiger partial charge < -0.3 is 5.32 Å². The van der Waals surface area contributed by atoms with Crippen LogP contribution in [0.15, 0.2) is 24.3 Å². The first-order valence-electron chi connectivity index (χ1n) is 3.84. The van der Waals surface area contributed by atoms with E-state index in [1.807, 2.05) is 24.3 Å². The molecule has 0 bridgehead atoms. The molecule has 0 atom stereocenters. The van der Waals surface area contributed by atoms with Crippen molar-refractivity contribution in [2.24, 2.45) is 0 Å². The highest BCUT2D eigenvalue weighted by atomic mass is 35.5. The highest BCUT2D eigenvalue weighted by Gasteiger charge is 1.91. The number of nitrogens with one attached hydrogen (secondary N) is 1. The molecule has 0 aliphatic heterocycles. The van der Waals surface area contributed by atoms with Crippen molar-refractivity contribution in [3.05, 3.63) is 34.9 Å². The third kappa shape index (κ3) is 3.20. The van der Waals surface area contributed by atoms with E-state index in [0.717, 1.165) is 10.6 Å². The minimum Gasteiger partial charge on any atom is -0.310 e. The van der Waals surface area contributed by atoms with Crippen LogP contribution in [-0.2, 0) is 6.54 Å². The Labute approximate surface area is 76.5 Å². The summed E-state index contributed by atoms with van der Waals surface area (Å²) in [5, 5.41) is 3.68. The third-order valence-electron chi connectivity index (χ3n) is 1.51. The molecule has 0 unspecified atom stereocenters. The lowest BCUT2D eigenvalue weighted by molar-refractivity contribution is 0.467. The lowest BCUT2D eigenvalue weighted by atomic mass is 10.2. The standard InChI is InChI=1S/C9H11ClFN/c10-9-3-1-8(2-4-9)7-12-6-5-11/h1-4,12H,5-7H2. The minimum atomic E-state index is -0.326. The molecule has 0 aromatic heterocycles. The van der Waals surface area contributed by atoms with Crippen molar-refractivity contribution in [2.45, 2.75) is 6.54 Å². The first kappa shape index (κ1) is 9.49. The zero-order valence-corrected chi connectivity index (χ0v) is 7.44. The van der Waals surface area contributed by atoms with Crippen LogP contribution in [0.1, 0.15) is 5.56 Å². The molecule has 0 saturated heterocycles. The van der Waals surface area contributed by atoms with Crippen molar-refractivity contribution in [3.8, 4) is 0 Å². The first-order valence-corrected chi connectivity index (χ1v) is 4.22. The van der Waals surface area contributed by atoms with E-state index in [1.54, 1.807) is 0 Å². The average molecular weight is 188 g/mol. The van der Waals surface area contributed by atoms with Crippen molar-refractivity contribution in [3.63, 3.8) is 0 Å². The average Bonchev–Trinajstić information content (AvgIpc) is 2.09. The molecule has 0 spiro atoms. The number of rotatable bonds is 4. The number of alkyl halides is 1. The number of hydrogen-bond donors (Lipinski definition) is 1. The van der Waals surface area contributed by atoms with Crippen LogP contribution in [0.3, 0.4) is 0 Å². The van der Waals surface area contributed by atoms with Gasteiger partial charge in [0.25, 0.3) is 0 Å². The summed E-state index contributed by atoms with van der Waals surface area (Å²) < 4.78 is 11.7. The summed E-state index contributed by atoms with van der Waals surface area (Å²) in [6.45, 7) is 0.775. The van der Waals surface area contributed by atoms with Gasteiger partial charge in [-0.3, -0.25) is 0 Å². The second-order valence-electron chi connectivity index (χ2n) is 2.49. The number of halogens is 2. The van der Waals surface area contributed by atoms with Crippen LogP contribution in [0.2, 0.25) is 5.02 Å². The van der Waals surface area contributed by atoms with Gasteiger partial charge in [0.05, 0.1) is 0 Å². The van der Waals surface area contributed by atoms with Crippen LogP contribution in [0.5, 0.6) is 0 Å².